The molecule has 1 aliphatic rings. The monoisotopic (exact) mass is 465 g/mol. The first kappa shape index (κ1) is 20.6. The summed E-state index contributed by atoms with van der Waals surface area (Å²) in [4.78, 5) is 30.4. The van der Waals surface area contributed by atoms with E-state index in [-0.39, 0.29) is 24.0 Å². The number of hydrogen-bond donors (Lipinski definition) is 1. The van der Waals surface area contributed by atoms with E-state index in [1.54, 1.807) is 22.8 Å². The lowest BCUT2D eigenvalue weighted by Gasteiger charge is -2.11. The van der Waals surface area contributed by atoms with Gasteiger partial charge >= 0.3 is 0 Å². The molecular formula is C23H19N3O4S2. The van der Waals surface area contributed by atoms with Crippen LogP contribution in [0.5, 0.6) is 11.5 Å². The molecule has 0 saturated heterocycles. The normalized spacial score (nSPS) is 12.3. The highest BCUT2D eigenvalue weighted by Gasteiger charge is 2.18. The second kappa shape index (κ2) is 8.68. The number of rotatable bonds is 6. The molecule has 0 radical (unpaired) electrons. The lowest BCUT2D eigenvalue weighted by atomic mass is 10.1. The summed E-state index contributed by atoms with van der Waals surface area (Å²) >= 11 is 2.65. The highest BCUT2D eigenvalue weighted by atomic mass is 32.2. The molecule has 0 bridgehead atoms. The van der Waals surface area contributed by atoms with E-state index in [0.717, 1.165) is 11.1 Å². The molecule has 32 heavy (non-hydrogen) atoms. The highest BCUT2D eigenvalue weighted by Crippen LogP contribution is 2.35. The molecule has 2 aromatic heterocycles. The van der Waals surface area contributed by atoms with Gasteiger partial charge in [-0.15, -0.1) is 11.3 Å². The zero-order chi connectivity index (χ0) is 22.1. The van der Waals surface area contributed by atoms with Crippen LogP contribution in [0.15, 0.2) is 63.9 Å². The number of benzene rings is 2. The molecule has 162 valence electrons. The summed E-state index contributed by atoms with van der Waals surface area (Å²) in [6.07, 6.45) is 0. The highest BCUT2D eigenvalue weighted by molar-refractivity contribution is 7.99. The zero-order valence-electron chi connectivity index (χ0n) is 17.2. The molecule has 0 atom stereocenters. The van der Waals surface area contributed by atoms with Crippen molar-refractivity contribution < 1.29 is 14.3 Å². The number of aromatic nitrogens is 2. The minimum atomic E-state index is -0.195. The first-order chi connectivity index (χ1) is 15.6. The number of carbonyl (C=O) groups excluding carboxylic acids is 1. The number of fused-ring (bicyclic) bond motifs is 2. The van der Waals surface area contributed by atoms with Crippen molar-refractivity contribution in [3.8, 4) is 22.6 Å². The van der Waals surface area contributed by atoms with Gasteiger partial charge in [0.2, 0.25) is 12.7 Å². The van der Waals surface area contributed by atoms with Gasteiger partial charge < -0.3 is 14.8 Å². The van der Waals surface area contributed by atoms with Gasteiger partial charge in [-0.1, -0.05) is 42.1 Å². The largest absolute Gasteiger partial charge is 0.454 e. The Morgan fingerprint density at radius 2 is 2.00 bits per heavy atom. The van der Waals surface area contributed by atoms with E-state index in [2.05, 4.69) is 5.32 Å². The van der Waals surface area contributed by atoms with Crippen LogP contribution in [-0.4, -0.2) is 28.0 Å². The molecule has 1 aliphatic heterocycles. The third-order valence-corrected chi connectivity index (χ3v) is 6.97. The summed E-state index contributed by atoms with van der Waals surface area (Å²) in [5.41, 5.74) is 3.16. The Hall–Kier alpha value is -3.30. The van der Waals surface area contributed by atoms with E-state index in [4.69, 9.17) is 14.5 Å². The molecule has 0 aliphatic carbocycles. The first-order valence-electron chi connectivity index (χ1n) is 10.0. The van der Waals surface area contributed by atoms with Gasteiger partial charge in [0, 0.05) is 29.2 Å². The lowest BCUT2D eigenvalue weighted by molar-refractivity contribution is -0.113. The number of nitrogens with one attached hydrogen (secondary N) is 1. The van der Waals surface area contributed by atoms with Crippen molar-refractivity contribution in [1.82, 2.24) is 9.55 Å². The second-order valence-corrected chi connectivity index (χ2v) is 8.86. The van der Waals surface area contributed by atoms with Gasteiger partial charge in [-0.25, -0.2) is 4.98 Å². The molecule has 4 aromatic rings. The number of amides is 1. The molecular weight excluding hydrogens is 446 g/mol. The van der Waals surface area contributed by atoms with E-state index < -0.39 is 0 Å². The summed E-state index contributed by atoms with van der Waals surface area (Å²) in [7, 11) is 0. The number of nitrogens with zero attached hydrogens (tertiary/aromatic N) is 2. The van der Waals surface area contributed by atoms with Crippen molar-refractivity contribution >= 4 is 44.9 Å². The van der Waals surface area contributed by atoms with Crippen LogP contribution in [0.1, 0.15) is 6.92 Å². The Kier molecular flexibility index (Phi) is 5.59. The average Bonchev–Trinajstić information content (AvgIpc) is 3.45. The molecule has 7 nitrogen and oxygen atoms in total. The SMILES string of the molecule is CCn1c(SCC(=O)Nc2ccc3c(c2)OCO3)nc2c(-c3ccccc3)csc2c1=O. The van der Waals surface area contributed by atoms with Gasteiger partial charge in [0.15, 0.2) is 16.7 Å². The number of thiophene rings is 1. The van der Waals surface area contributed by atoms with Crippen LogP contribution in [0.3, 0.4) is 0 Å². The van der Waals surface area contributed by atoms with E-state index in [1.807, 2.05) is 42.6 Å². The van der Waals surface area contributed by atoms with Gasteiger partial charge in [0.25, 0.3) is 5.56 Å². The van der Waals surface area contributed by atoms with Gasteiger partial charge in [-0.2, -0.15) is 0 Å². The van der Waals surface area contributed by atoms with Crippen molar-refractivity contribution in [3.63, 3.8) is 0 Å². The first-order valence-corrected chi connectivity index (χ1v) is 11.9. The van der Waals surface area contributed by atoms with Crippen molar-refractivity contribution in [1.29, 1.82) is 0 Å². The van der Waals surface area contributed by atoms with E-state index in [0.29, 0.717) is 39.1 Å². The summed E-state index contributed by atoms with van der Waals surface area (Å²) < 4.78 is 12.9. The number of ether oxygens (including phenoxy) is 2. The molecule has 0 unspecified atom stereocenters. The minimum absolute atomic E-state index is 0.0802. The Morgan fingerprint density at radius 1 is 1.19 bits per heavy atom. The predicted octanol–water partition coefficient (Wildman–Crippen LogP) is 4.60. The summed E-state index contributed by atoms with van der Waals surface area (Å²) in [6.45, 7) is 2.56. The van der Waals surface area contributed by atoms with Crippen LogP contribution < -0.4 is 20.3 Å². The molecule has 1 amide bonds. The Balaban J connectivity index is 1.39. The quantitative estimate of drug-likeness (QED) is 0.331. The molecule has 9 heteroatoms. The third kappa shape index (κ3) is 3.85. The number of anilines is 1. The van der Waals surface area contributed by atoms with Crippen LogP contribution in [0, 0.1) is 0 Å². The van der Waals surface area contributed by atoms with Crippen LogP contribution in [0.4, 0.5) is 5.69 Å². The maximum absolute atomic E-state index is 13.1. The van der Waals surface area contributed by atoms with Crippen LogP contribution >= 0.6 is 23.1 Å². The fourth-order valence-electron chi connectivity index (χ4n) is 3.49. The third-order valence-electron chi connectivity index (χ3n) is 5.03. The lowest BCUT2D eigenvalue weighted by Crippen LogP contribution is -2.22. The molecule has 0 fully saturated rings. The Morgan fingerprint density at radius 3 is 2.81 bits per heavy atom. The maximum Gasteiger partial charge on any atom is 0.272 e. The Bertz CT molecular complexity index is 1370. The van der Waals surface area contributed by atoms with Crippen LogP contribution in [0.25, 0.3) is 21.3 Å². The van der Waals surface area contributed by atoms with E-state index in [9.17, 15) is 9.59 Å². The van der Waals surface area contributed by atoms with Gasteiger partial charge in [-0.3, -0.25) is 14.2 Å². The summed E-state index contributed by atoms with van der Waals surface area (Å²) in [5, 5.41) is 5.35. The molecule has 3 heterocycles. The summed E-state index contributed by atoms with van der Waals surface area (Å²) in [6, 6.07) is 15.1. The van der Waals surface area contributed by atoms with Crippen LogP contribution in [-0.2, 0) is 11.3 Å². The second-order valence-electron chi connectivity index (χ2n) is 7.04. The van der Waals surface area contributed by atoms with Crippen molar-refractivity contribution in [2.75, 3.05) is 17.9 Å². The maximum atomic E-state index is 13.1. The standard InChI is InChI=1S/C23H19N3O4S2/c1-2-26-22(28)21-20(16(11-31-21)14-6-4-3-5-7-14)25-23(26)32-12-19(27)24-15-8-9-17-18(10-15)30-13-29-17/h3-11H,2,12-13H2,1H3,(H,24,27). The Labute approximate surface area is 192 Å². The smallest absolute Gasteiger partial charge is 0.272 e. The molecule has 0 saturated carbocycles. The predicted molar refractivity (Wildman–Crippen MR) is 127 cm³/mol. The fourth-order valence-corrected chi connectivity index (χ4v) is 5.31. The van der Waals surface area contributed by atoms with E-state index >= 15 is 0 Å². The van der Waals surface area contributed by atoms with Crippen molar-refractivity contribution in [2.24, 2.45) is 0 Å². The van der Waals surface area contributed by atoms with Crippen LogP contribution in [0.2, 0.25) is 0 Å². The van der Waals surface area contributed by atoms with Gasteiger partial charge in [-0.05, 0) is 24.6 Å². The zero-order valence-corrected chi connectivity index (χ0v) is 18.8. The summed E-state index contributed by atoms with van der Waals surface area (Å²) in [5.74, 6) is 1.19. The number of thioether (sulfide) groups is 1. The topological polar surface area (TPSA) is 82.5 Å². The number of carbonyl (C=O) groups is 1. The molecule has 0 spiro atoms. The molecule has 5 rings (SSSR count). The van der Waals surface area contributed by atoms with Gasteiger partial charge in [0.1, 0.15) is 4.70 Å². The molecule has 1 N–H and O–H groups in total. The number of hydrogen-bond acceptors (Lipinski definition) is 7. The van der Waals surface area contributed by atoms with Gasteiger partial charge in [0.05, 0.1) is 11.3 Å². The fraction of sp³-hybridized carbons (Fsp3) is 0.174. The van der Waals surface area contributed by atoms with Crippen molar-refractivity contribution in [2.45, 2.75) is 18.6 Å². The average molecular weight is 466 g/mol. The minimum Gasteiger partial charge on any atom is -0.454 e. The molecule has 2 aromatic carbocycles. The van der Waals surface area contributed by atoms with E-state index in [1.165, 1.54) is 23.1 Å². The van der Waals surface area contributed by atoms with Crippen molar-refractivity contribution in [3.05, 3.63) is 64.3 Å².